The minimum absolute atomic E-state index is 0.109. The summed E-state index contributed by atoms with van der Waals surface area (Å²) >= 11 is 0. The molecule has 0 heterocycles. The molecule has 0 unspecified atom stereocenters. The Balaban J connectivity index is 3.76. The fourth-order valence-corrected chi connectivity index (χ4v) is 4.76. The molecule has 25 heavy (non-hydrogen) atoms. The quantitative estimate of drug-likeness (QED) is 0.546. The smallest absolute Gasteiger partial charge is 0.273 e. The Morgan fingerprint density at radius 3 is 1.60 bits per heavy atom. The summed E-state index contributed by atoms with van der Waals surface area (Å²) in [6, 6.07) is -0.506. The molecule has 0 aliphatic carbocycles. The highest BCUT2D eigenvalue weighted by Gasteiger charge is 2.41. The van der Waals surface area contributed by atoms with Gasteiger partial charge in [-0.3, -0.25) is 4.84 Å². The van der Waals surface area contributed by atoms with Crippen LogP contribution in [0.15, 0.2) is 23.1 Å². The average Bonchev–Trinajstić information content (AvgIpc) is 2.45. The number of sulfonamides is 2. The molecule has 0 radical (unpaired) electrons. The summed E-state index contributed by atoms with van der Waals surface area (Å²) in [4.78, 5) is 2.64. The molecule has 0 atom stereocenters. The number of halogens is 6. The molecule has 1 aromatic rings. The van der Waals surface area contributed by atoms with Gasteiger partial charge in [-0.2, -0.15) is 26.3 Å². The molecule has 0 spiro atoms. The molecule has 1 rings (SSSR count). The Labute approximate surface area is 139 Å². The van der Waals surface area contributed by atoms with Crippen LogP contribution in [-0.2, 0) is 37.2 Å². The molecule has 0 saturated heterocycles. The lowest BCUT2D eigenvalue weighted by molar-refractivity contribution is -0.143. The van der Waals surface area contributed by atoms with Crippen molar-refractivity contribution in [2.45, 2.75) is 24.2 Å². The van der Waals surface area contributed by atoms with E-state index in [1.807, 2.05) is 0 Å². The molecule has 0 aliphatic heterocycles. The highest BCUT2D eigenvalue weighted by molar-refractivity contribution is 8.03. The Kier molecular flexibility index (Phi) is 5.84. The van der Waals surface area contributed by atoms with Crippen LogP contribution in [0.1, 0.15) is 18.1 Å². The van der Waals surface area contributed by atoms with E-state index in [9.17, 15) is 43.2 Å². The second-order valence-corrected chi connectivity index (χ2v) is 8.55. The summed E-state index contributed by atoms with van der Waals surface area (Å²) in [6.45, 7) is 1.00. The number of nitrogens with zero attached hydrogens (tertiary/aromatic N) is 1. The van der Waals surface area contributed by atoms with Gasteiger partial charge in [-0.05, 0) is 25.1 Å². The predicted octanol–water partition coefficient (Wildman–Crippen LogP) is 2.63. The molecular weight excluding hydrogens is 404 g/mol. The molecule has 0 aromatic heterocycles. The van der Waals surface area contributed by atoms with Crippen LogP contribution >= 0.6 is 0 Å². The van der Waals surface area contributed by atoms with Gasteiger partial charge < -0.3 is 0 Å². The third-order valence-corrected chi connectivity index (χ3v) is 6.77. The van der Waals surface area contributed by atoms with E-state index in [-0.39, 0.29) is 18.2 Å². The van der Waals surface area contributed by atoms with E-state index in [4.69, 9.17) is 0 Å². The van der Waals surface area contributed by atoms with Crippen molar-refractivity contribution in [1.29, 1.82) is 0 Å². The standard InChI is InChI=1S/C11H11F6NO5S2/c1-3-24(19,20)18(23-2)25(21,22)9-5-7(10(12,13)14)4-8(6-9)11(15,16)17/h4-6H,3H2,1-2H3. The van der Waals surface area contributed by atoms with Gasteiger partial charge in [-0.25, -0.2) is 16.8 Å². The van der Waals surface area contributed by atoms with Gasteiger partial charge in [0.2, 0.25) is 10.0 Å². The summed E-state index contributed by atoms with van der Waals surface area (Å²) in [5, 5.41) is 0. The molecule has 0 amide bonds. The molecule has 0 bridgehead atoms. The van der Waals surface area contributed by atoms with Crippen LogP contribution in [0.25, 0.3) is 0 Å². The fourth-order valence-electron chi connectivity index (χ4n) is 1.63. The number of alkyl halides is 6. The van der Waals surface area contributed by atoms with Crippen LogP contribution in [0.2, 0.25) is 0 Å². The van der Waals surface area contributed by atoms with E-state index in [2.05, 4.69) is 4.84 Å². The van der Waals surface area contributed by atoms with Crippen molar-refractivity contribution in [1.82, 2.24) is 3.87 Å². The number of benzene rings is 1. The fraction of sp³-hybridized carbons (Fsp3) is 0.455. The highest BCUT2D eigenvalue weighted by atomic mass is 32.3. The first-order valence-electron chi connectivity index (χ1n) is 6.19. The zero-order valence-electron chi connectivity index (χ0n) is 12.5. The third-order valence-electron chi connectivity index (χ3n) is 2.80. The monoisotopic (exact) mass is 415 g/mol. The van der Waals surface area contributed by atoms with E-state index in [1.165, 1.54) is 0 Å². The first kappa shape index (κ1) is 21.7. The van der Waals surface area contributed by atoms with Crippen molar-refractivity contribution in [3.05, 3.63) is 29.3 Å². The Hall–Kier alpha value is -1.38. The third kappa shape index (κ3) is 4.62. The van der Waals surface area contributed by atoms with Crippen molar-refractivity contribution >= 4 is 20.0 Å². The second kappa shape index (κ2) is 6.74. The first-order valence-corrected chi connectivity index (χ1v) is 9.24. The van der Waals surface area contributed by atoms with Crippen LogP contribution in [0.4, 0.5) is 26.3 Å². The molecule has 0 aliphatic rings. The van der Waals surface area contributed by atoms with E-state index in [0.717, 1.165) is 6.92 Å². The summed E-state index contributed by atoms with van der Waals surface area (Å²) < 4.78 is 124. The molecule has 0 N–H and O–H groups in total. The van der Waals surface area contributed by atoms with E-state index in [0.29, 0.717) is 7.11 Å². The number of rotatable bonds is 5. The van der Waals surface area contributed by atoms with Gasteiger partial charge in [0.1, 0.15) is 0 Å². The average molecular weight is 415 g/mol. The number of hydrogen-bond donors (Lipinski definition) is 0. The molecule has 144 valence electrons. The largest absolute Gasteiger partial charge is 0.416 e. The molecule has 0 saturated carbocycles. The molecule has 14 heteroatoms. The van der Waals surface area contributed by atoms with Crippen LogP contribution in [-0.4, -0.2) is 33.6 Å². The Morgan fingerprint density at radius 1 is 0.920 bits per heavy atom. The Bertz CT molecular complexity index is 812. The lowest BCUT2D eigenvalue weighted by Crippen LogP contribution is -2.37. The van der Waals surface area contributed by atoms with E-state index >= 15 is 0 Å². The van der Waals surface area contributed by atoms with E-state index < -0.39 is 58.0 Å². The SMILES string of the molecule is CCS(=O)(=O)N(OC)S(=O)(=O)c1cc(C(F)(F)F)cc(C(F)(F)F)c1. The maximum atomic E-state index is 12.8. The predicted molar refractivity (Wildman–Crippen MR) is 71.9 cm³/mol. The van der Waals surface area contributed by atoms with Crippen molar-refractivity contribution in [2.24, 2.45) is 0 Å². The second-order valence-electron chi connectivity index (χ2n) is 4.49. The molecule has 6 nitrogen and oxygen atoms in total. The highest BCUT2D eigenvalue weighted by Crippen LogP contribution is 2.38. The zero-order chi connectivity index (χ0) is 19.8. The van der Waals surface area contributed by atoms with Crippen molar-refractivity contribution in [3.8, 4) is 0 Å². The van der Waals surface area contributed by atoms with Gasteiger partial charge in [0.15, 0.2) is 0 Å². The number of hydrogen-bond acceptors (Lipinski definition) is 5. The minimum Gasteiger partial charge on any atom is -0.273 e. The Morgan fingerprint density at radius 2 is 1.32 bits per heavy atom. The van der Waals surface area contributed by atoms with Crippen LogP contribution < -0.4 is 0 Å². The van der Waals surface area contributed by atoms with Gasteiger partial charge in [0.25, 0.3) is 10.0 Å². The summed E-state index contributed by atoms with van der Waals surface area (Å²) in [7, 11) is -9.43. The van der Waals surface area contributed by atoms with E-state index in [1.54, 1.807) is 0 Å². The minimum atomic E-state index is -5.36. The topological polar surface area (TPSA) is 80.8 Å². The van der Waals surface area contributed by atoms with Crippen LogP contribution in [0.3, 0.4) is 0 Å². The van der Waals surface area contributed by atoms with Crippen LogP contribution in [0.5, 0.6) is 0 Å². The summed E-state index contributed by atoms with van der Waals surface area (Å²) in [5.74, 6) is -0.828. The van der Waals surface area contributed by atoms with Crippen molar-refractivity contribution in [2.75, 3.05) is 12.9 Å². The van der Waals surface area contributed by atoms with Gasteiger partial charge in [0.05, 0.1) is 28.9 Å². The first-order chi connectivity index (χ1) is 11.1. The van der Waals surface area contributed by atoms with Gasteiger partial charge >= 0.3 is 12.4 Å². The molecular formula is C11H11F6NO5S2. The maximum absolute atomic E-state index is 12.8. The lowest BCUT2D eigenvalue weighted by Gasteiger charge is -2.20. The summed E-state index contributed by atoms with van der Waals surface area (Å²) in [5.41, 5.74) is -3.82. The van der Waals surface area contributed by atoms with Gasteiger partial charge in [0, 0.05) is 3.87 Å². The van der Waals surface area contributed by atoms with Gasteiger partial charge in [-0.1, -0.05) is 0 Å². The maximum Gasteiger partial charge on any atom is 0.416 e. The zero-order valence-corrected chi connectivity index (χ0v) is 14.1. The van der Waals surface area contributed by atoms with Gasteiger partial charge in [-0.15, -0.1) is 0 Å². The van der Waals surface area contributed by atoms with Crippen molar-refractivity contribution in [3.63, 3.8) is 0 Å². The normalized spacial score (nSPS) is 14.1. The lowest BCUT2D eigenvalue weighted by atomic mass is 10.1. The molecule has 0 fully saturated rings. The summed E-state index contributed by atoms with van der Waals surface area (Å²) in [6.07, 6.45) is -10.6. The van der Waals surface area contributed by atoms with Crippen LogP contribution in [0, 0.1) is 0 Å². The molecule has 1 aromatic carbocycles. The van der Waals surface area contributed by atoms with Crippen molar-refractivity contribution < 1.29 is 48.0 Å².